The molecule has 0 aromatic carbocycles. The molecule has 1 aromatic rings. The Morgan fingerprint density at radius 3 is 3.18 bits per heavy atom. The van der Waals surface area contributed by atoms with E-state index in [0.717, 1.165) is 6.07 Å². The Labute approximate surface area is 107 Å². The van der Waals surface area contributed by atoms with Crippen molar-refractivity contribution in [2.75, 3.05) is 19.7 Å². The maximum Gasteiger partial charge on any atom is 0.255 e. The summed E-state index contributed by atoms with van der Waals surface area (Å²) in [7, 11) is 0. The summed E-state index contributed by atoms with van der Waals surface area (Å²) in [6.45, 7) is 3.47. The van der Waals surface area contributed by atoms with Gasteiger partial charge in [0.15, 0.2) is 0 Å². The van der Waals surface area contributed by atoms with E-state index in [1.807, 2.05) is 6.92 Å². The minimum Gasteiger partial charge on any atom is -0.375 e. The molecule has 2 rings (SSSR count). The van der Waals surface area contributed by atoms with Gasteiger partial charge in [-0.2, -0.15) is 4.39 Å². The summed E-state index contributed by atoms with van der Waals surface area (Å²) in [6, 6.07) is 1.15. The Morgan fingerprint density at radius 2 is 2.47 bits per heavy atom. The van der Waals surface area contributed by atoms with Gasteiger partial charge in [0.25, 0.3) is 5.91 Å². The fraction of sp³-hybridized carbons (Fsp3) is 0.455. The van der Waals surface area contributed by atoms with Gasteiger partial charge in [0.2, 0.25) is 5.95 Å². The Balaban J connectivity index is 2.21. The van der Waals surface area contributed by atoms with Crippen LogP contribution in [0.4, 0.5) is 4.39 Å². The van der Waals surface area contributed by atoms with Crippen LogP contribution in [0.1, 0.15) is 17.3 Å². The Bertz CT molecular complexity index is 441. The molecule has 0 aliphatic carbocycles. The number of amides is 1. The first-order valence-corrected chi connectivity index (χ1v) is 6.09. The summed E-state index contributed by atoms with van der Waals surface area (Å²) in [4.78, 5) is 17.3. The first-order valence-electron chi connectivity index (χ1n) is 5.30. The van der Waals surface area contributed by atoms with Gasteiger partial charge in [-0.25, -0.2) is 4.98 Å². The molecule has 0 spiro atoms. The average molecular weight is 303 g/mol. The number of rotatable bonds is 1. The molecular formula is C11H12BrFN2O2. The fourth-order valence-corrected chi connectivity index (χ4v) is 2.14. The van der Waals surface area contributed by atoms with Crippen molar-refractivity contribution in [3.8, 4) is 0 Å². The molecule has 2 heterocycles. The number of hydrogen-bond acceptors (Lipinski definition) is 3. The zero-order valence-electron chi connectivity index (χ0n) is 9.32. The number of halogens is 2. The topological polar surface area (TPSA) is 42.4 Å². The lowest BCUT2D eigenvalue weighted by molar-refractivity contribution is -0.0124. The molecule has 17 heavy (non-hydrogen) atoms. The minimum atomic E-state index is -0.655. The van der Waals surface area contributed by atoms with E-state index in [2.05, 4.69) is 20.9 Å². The highest BCUT2D eigenvalue weighted by molar-refractivity contribution is 9.10. The lowest BCUT2D eigenvalue weighted by Crippen LogP contribution is -2.44. The fourth-order valence-electron chi connectivity index (χ4n) is 1.75. The van der Waals surface area contributed by atoms with Crippen LogP contribution in [0.5, 0.6) is 0 Å². The number of nitrogens with zero attached hydrogens (tertiary/aromatic N) is 2. The molecule has 1 saturated heterocycles. The van der Waals surface area contributed by atoms with E-state index < -0.39 is 5.95 Å². The Kier molecular flexibility index (Phi) is 3.73. The van der Waals surface area contributed by atoms with Crippen LogP contribution in [0.15, 0.2) is 16.7 Å². The molecule has 0 bridgehead atoms. The molecule has 6 heteroatoms. The summed E-state index contributed by atoms with van der Waals surface area (Å²) in [5.74, 6) is -0.855. The number of pyridine rings is 1. The number of ether oxygens (including phenoxy) is 1. The third-order valence-corrected chi connectivity index (χ3v) is 3.21. The number of morpholine rings is 1. The Morgan fingerprint density at radius 1 is 1.71 bits per heavy atom. The van der Waals surface area contributed by atoms with Crippen LogP contribution in [-0.2, 0) is 4.74 Å². The van der Waals surface area contributed by atoms with Gasteiger partial charge in [0.1, 0.15) is 0 Å². The van der Waals surface area contributed by atoms with Crippen molar-refractivity contribution in [1.82, 2.24) is 9.88 Å². The largest absolute Gasteiger partial charge is 0.375 e. The quantitative estimate of drug-likeness (QED) is 0.744. The zero-order valence-corrected chi connectivity index (χ0v) is 10.9. The van der Waals surface area contributed by atoms with Gasteiger partial charge in [-0.1, -0.05) is 0 Å². The summed E-state index contributed by atoms with van der Waals surface area (Å²) in [5.41, 5.74) is 0.298. The van der Waals surface area contributed by atoms with Crippen LogP contribution in [0.25, 0.3) is 0 Å². The number of carbonyl (C=O) groups is 1. The van der Waals surface area contributed by atoms with E-state index in [9.17, 15) is 9.18 Å². The van der Waals surface area contributed by atoms with E-state index in [4.69, 9.17) is 4.74 Å². The molecule has 0 radical (unpaired) electrons. The molecular weight excluding hydrogens is 291 g/mol. The monoisotopic (exact) mass is 302 g/mol. The van der Waals surface area contributed by atoms with Crippen LogP contribution in [0.3, 0.4) is 0 Å². The normalized spacial score (nSPS) is 20.4. The lowest BCUT2D eigenvalue weighted by Gasteiger charge is -2.31. The molecule has 1 aliphatic rings. The highest BCUT2D eigenvalue weighted by atomic mass is 79.9. The summed E-state index contributed by atoms with van der Waals surface area (Å²) in [5, 5.41) is 0. The number of aromatic nitrogens is 1. The Hall–Kier alpha value is -1.01. The van der Waals surface area contributed by atoms with Gasteiger partial charge < -0.3 is 9.64 Å². The highest BCUT2D eigenvalue weighted by Gasteiger charge is 2.24. The standard InChI is InChI=1S/C11H12BrFN2O2/c1-7-6-15(2-3-17-7)11(16)8-4-10(13)14-5-9(8)12/h4-5,7H,2-3,6H2,1H3/t7-/m0/s1. The van der Waals surface area contributed by atoms with Crippen molar-refractivity contribution in [2.24, 2.45) is 0 Å². The van der Waals surface area contributed by atoms with Gasteiger partial charge in [0.05, 0.1) is 18.3 Å². The van der Waals surface area contributed by atoms with Crippen molar-refractivity contribution in [3.05, 3.63) is 28.2 Å². The third-order valence-electron chi connectivity index (χ3n) is 2.58. The molecule has 1 fully saturated rings. The maximum atomic E-state index is 13.0. The molecule has 0 N–H and O–H groups in total. The maximum absolute atomic E-state index is 13.0. The molecule has 1 amide bonds. The second-order valence-electron chi connectivity index (χ2n) is 3.92. The SMILES string of the molecule is C[C@H]1CN(C(=O)c2cc(F)ncc2Br)CCO1. The predicted molar refractivity (Wildman–Crippen MR) is 63.2 cm³/mol. The van der Waals surface area contributed by atoms with Crippen molar-refractivity contribution < 1.29 is 13.9 Å². The van der Waals surface area contributed by atoms with E-state index >= 15 is 0 Å². The predicted octanol–water partition coefficient (Wildman–Crippen LogP) is 1.84. The second-order valence-corrected chi connectivity index (χ2v) is 4.77. The van der Waals surface area contributed by atoms with Crippen molar-refractivity contribution in [1.29, 1.82) is 0 Å². The number of carbonyl (C=O) groups excluding carboxylic acids is 1. The highest BCUT2D eigenvalue weighted by Crippen LogP contribution is 2.19. The van der Waals surface area contributed by atoms with Crippen molar-refractivity contribution in [2.45, 2.75) is 13.0 Å². The first kappa shape index (κ1) is 12.4. The van der Waals surface area contributed by atoms with Gasteiger partial charge in [-0.15, -0.1) is 0 Å². The lowest BCUT2D eigenvalue weighted by atomic mass is 10.2. The molecule has 1 aromatic heterocycles. The molecule has 92 valence electrons. The van der Waals surface area contributed by atoms with Gasteiger partial charge in [-0.05, 0) is 22.9 Å². The zero-order chi connectivity index (χ0) is 12.4. The van der Waals surface area contributed by atoms with Crippen molar-refractivity contribution >= 4 is 21.8 Å². The van der Waals surface area contributed by atoms with Gasteiger partial charge in [-0.3, -0.25) is 4.79 Å². The van der Waals surface area contributed by atoms with Crippen LogP contribution < -0.4 is 0 Å². The van der Waals surface area contributed by atoms with Gasteiger partial charge >= 0.3 is 0 Å². The summed E-state index contributed by atoms with van der Waals surface area (Å²) < 4.78 is 18.9. The van der Waals surface area contributed by atoms with Crippen LogP contribution in [-0.4, -0.2) is 41.6 Å². The molecule has 0 saturated carbocycles. The van der Waals surface area contributed by atoms with E-state index in [1.165, 1.54) is 6.20 Å². The molecule has 0 unspecified atom stereocenters. The van der Waals surface area contributed by atoms with Crippen LogP contribution >= 0.6 is 15.9 Å². The van der Waals surface area contributed by atoms with Crippen molar-refractivity contribution in [3.63, 3.8) is 0 Å². The van der Waals surface area contributed by atoms with Gasteiger partial charge in [0, 0.05) is 29.8 Å². The molecule has 1 aliphatic heterocycles. The second kappa shape index (κ2) is 5.10. The smallest absolute Gasteiger partial charge is 0.255 e. The van der Waals surface area contributed by atoms with E-state index in [-0.39, 0.29) is 12.0 Å². The summed E-state index contributed by atoms with van der Waals surface area (Å²) in [6.07, 6.45) is 1.31. The minimum absolute atomic E-state index is 0.0122. The van der Waals surface area contributed by atoms with Crippen LogP contribution in [0.2, 0.25) is 0 Å². The first-order chi connectivity index (χ1) is 8.08. The molecule has 1 atom stereocenters. The summed E-state index contributed by atoms with van der Waals surface area (Å²) >= 11 is 3.20. The van der Waals surface area contributed by atoms with Crippen LogP contribution in [0, 0.1) is 5.95 Å². The molecule has 4 nitrogen and oxygen atoms in total. The average Bonchev–Trinajstić information content (AvgIpc) is 2.31. The van der Waals surface area contributed by atoms with E-state index in [1.54, 1.807) is 4.90 Å². The van der Waals surface area contributed by atoms with E-state index in [0.29, 0.717) is 29.7 Å². The third kappa shape index (κ3) is 2.81. The number of hydrogen-bond donors (Lipinski definition) is 0.